The van der Waals surface area contributed by atoms with Crippen molar-refractivity contribution in [2.75, 3.05) is 29.5 Å². The Kier molecular flexibility index (Phi) is 5.13. The highest BCUT2D eigenvalue weighted by molar-refractivity contribution is 7.99. The molecule has 0 aromatic heterocycles. The quantitative estimate of drug-likeness (QED) is 0.791. The highest BCUT2D eigenvalue weighted by Crippen LogP contribution is 2.62. The Morgan fingerprint density at radius 1 is 1.28 bits per heavy atom. The van der Waals surface area contributed by atoms with Gasteiger partial charge >= 0.3 is 12.2 Å². The van der Waals surface area contributed by atoms with Crippen LogP contribution in [0, 0.1) is 23.5 Å². The summed E-state index contributed by atoms with van der Waals surface area (Å²) in [6.45, 7) is 5.35. The molecule has 3 fully saturated rings. The van der Waals surface area contributed by atoms with E-state index in [1.165, 1.54) is 17.0 Å². The second-order valence-corrected chi connectivity index (χ2v) is 9.79. The molecule has 1 unspecified atom stereocenters. The highest BCUT2D eigenvalue weighted by Gasteiger charge is 2.55. The Hall–Kier alpha value is -2.03. The number of alkyl carbamates (subject to hydrolysis) is 1. The number of nitrogens with zero attached hydrogens (tertiary/aromatic N) is 1. The third-order valence-corrected chi connectivity index (χ3v) is 6.65. The van der Waals surface area contributed by atoms with Gasteiger partial charge in [0.05, 0.1) is 18.8 Å². The molecular formula is C20H24F2N2O4S. The number of amides is 2. The summed E-state index contributed by atoms with van der Waals surface area (Å²) in [5.41, 5.74) is -0.383. The van der Waals surface area contributed by atoms with Gasteiger partial charge in [0, 0.05) is 5.56 Å². The standard InChI is InChI=1S/C20H24F2N2O4S/c1-20(2,3)28-18(25)23-6-11-7-24(19(26)27-11)10-4-14(21)17(15(22)5-10)16-12-8-29-9-13(12)16/h4-5,11-13,16H,6-9H2,1-3H3,(H,23,25)/t11-,12-,13+,16?/m0/s1. The van der Waals surface area contributed by atoms with Crippen LogP contribution in [0.4, 0.5) is 24.1 Å². The van der Waals surface area contributed by atoms with Crippen LogP contribution in [0.25, 0.3) is 0 Å². The molecule has 29 heavy (non-hydrogen) atoms. The molecule has 6 nitrogen and oxygen atoms in total. The Bertz CT molecular complexity index is 811. The molecule has 2 saturated heterocycles. The molecule has 3 aliphatic rings. The number of cyclic esters (lactones) is 1. The molecule has 2 heterocycles. The number of halogens is 2. The van der Waals surface area contributed by atoms with Gasteiger partial charge in [0.1, 0.15) is 23.3 Å². The number of hydrogen-bond acceptors (Lipinski definition) is 5. The normalized spacial score (nSPS) is 28.2. The van der Waals surface area contributed by atoms with Crippen LogP contribution >= 0.6 is 11.8 Å². The Labute approximate surface area is 172 Å². The second kappa shape index (κ2) is 7.34. The van der Waals surface area contributed by atoms with Crippen molar-refractivity contribution < 1.29 is 27.8 Å². The zero-order chi connectivity index (χ0) is 20.9. The van der Waals surface area contributed by atoms with Crippen LogP contribution in [0.5, 0.6) is 0 Å². The number of rotatable bonds is 4. The average molecular weight is 426 g/mol. The van der Waals surface area contributed by atoms with Gasteiger partial charge in [0.2, 0.25) is 0 Å². The zero-order valence-electron chi connectivity index (χ0n) is 16.5. The van der Waals surface area contributed by atoms with E-state index in [0.717, 1.165) is 11.5 Å². The topological polar surface area (TPSA) is 67.9 Å². The summed E-state index contributed by atoms with van der Waals surface area (Å²) in [5.74, 6) is 1.31. The lowest BCUT2D eigenvalue weighted by Crippen LogP contribution is -2.38. The van der Waals surface area contributed by atoms with Gasteiger partial charge < -0.3 is 14.8 Å². The van der Waals surface area contributed by atoms with Gasteiger partial charge in [0.15, 0.2) is 0 Å². The monoisotopic (exact) mass is 426 g/mol. The summed E-state index contributed by atoms with van der Waals surface area (Å²) in [6, 6.07) is 2.40. The van der Waals surface area contributed by atoms with Crippen molar-refractivity contribution in [3.63, 3.8) is 0 Å². The predicted molar refractivity (Wildman–Crippen MR) is 105 cm³/mol. The molecule has 1 aliphatic carbocycles. The minimum Gasteiger partial charge on any atom is -0.444 e. The molecule has 4 rings (SSSR count). The fourth-order valence-electron chi connectivity index (χ4n) is 4.06. The lowest BCUT2D eigenvalue weighted by atomic mass is 10.1. The van der Waals surface area contributed by atoms with Crippen molar-refractivity contribution >= 4 is 29.6 Å². The molecule has 1 aromatic rings. The molecule has 0 radical (unpaired) electrons. The van der Waals surface area contributed by atoms with Gasteiger partial charge in [0.25, 0.3) is 0 Å². The first kappa shape index (κ1) is 20.3. The van der Waals surface area contributed by atoms with Crippen molar-refractivity contribution in [3.05, 3.63) is 29.3 Å². The molecule has 1 N–H and O–H groups in total. The first-order valence-corrected chi connectivity index (χ1v) is 10.8. The summed E-state index contributed by atoms with van der Waals surface area (Å²) in [6.07, 6.45) is -1.96. The largest absolute Gasteiger partial charge is 0.444 e. The number of carbonyl (C=O) groups is 2. The fraction of sp³-hybridized carbons (Fsp3) is 0.600. The average Bonchev–Trinajstić information content (AvgIpc) is 2.95. The molecule has 2 amide bonds. The molecule has 0 spiro atoms. The van der Waals surface area contributed by atoms with Crippen LogP contribution in [0.1, 0.15) is 32.3 Å². The minimum absolute atomic E-state index is 0.0449. The Morgan fingerprint density at radius 2 is 1.90 bits per heavy atom. The van der Waals surface area contributed by atoms with E-state index in [1.54, 1.807) is 20.8 Å². The van der Waals surface area contributed by atoms with Gasteiger partial charge in [-0.1, -0.05) is 0 Å². The maximum atomic E-state index is 14.7. The number of thioether (sulfide) groups is 1. The van der Waals surface area contributed by atoms with Crippen molar-refractivity contribution in [1.29, 1.82) is 0 Å². The zero-order valence-corrected chi connectivity index (χ0v) is 17.4. The third-order valence-electron chi connectivity index (χ3n) is 5.41. The first-order valence-electron chi connectivity index (χ1n) is 9.66. The summed E-state index contributed by atoms with van der Waals surface area (Å²) in [4.78, 5) is 25.1. The van der Waals surface area contributed by atoms with Gasteiger partial charge in [-0.25, -0.2) is 18.4 Å². The molecule has 0 bridgehead atoms. The molecule has 158 valence electrons. The van der Waals surface area contributed by atoms with E-state index in [1.807, 2.05) is 11.8 Å². The lowest BCUT2D eigenvalue weighted by molar-refractivity contribution is 0.0496. The van der Waals surface area contributed by atoms with Crippen LogP contribution in [-0.2, 0) is 9.47 Å². The second-order valence-electron chi connectivity index (χ2n) is 8.71. The van der Waals surface area contributed by atoms with Crippen LogP contribution in [0.2, 0.25) is 0 Å². The summed E-state index contributed by atoms with van der Waals surface area (Å²) in [7, 11) is 0. The van der Waals surface area contributed by atoms with Crippen molar-refractivity contribution in [2.45, 2.75) is 38.4 Å². The number of hydrogen-bond donors (Lipinski definition) is 1. The molecule has 1 aromatic carbocycles. The van der Waals surface area contributed by atoms with Crippen LogP contribution in [-0.4, -0.2) is 48.5 Å². The third kappa shape index (κ3) is 4.15. The van der Waals surface area contributed by atoms with Crippen molar-refractivity contribution in [1.82, 2.24) is 5.32 Å². The SMILES string of the molecule is CC(C)(C)OC(=O)NC[C@H]1CN(c2cc(F)c(C3[C@H]4CSC[C@@H]34)c(F)c2)C(=O)O1. The first-order chi connectivity index (χ1) is 13.6. The Balaban J connectivity index is 1.40. The van der Waals surface area contributed by atoms with Crippen LogP contribution in [0.3, 0.4) is 0 Å². The number of ether oxygens (including phenoxy) is 2. The van der Waals surface area contributed by atoms with E-state index in [-0.39, 0.29) is 30.3 Å². The maximum absolute atomic E-state index is 14.7. The van der Waals surface area contributed by atoms with E-state index in [4.69, 9.17) is 9.47 Å². The smallest absolute Gasteiger partial charge is 0.414 e. The van der Waals surface area contributed by atoms with Gasteiger partial charge in [-0.2, -0.15) is 11.8 Å². The summed E-state index contributed by atoms with van der Waals surface area (Å²) >= 11 is 1.82. The lowest BCUT2D eigenvalue weighted by Gasteiger charge is -2.20. The maximum Gasteiger partial charge on any atom is 0.414 e. The molecule has 2 aliphatic heterocycles. The summed E-state index contributed by atoms with van der Waals surface area (Å²) < 4.78 is 39.7. The molecular weight excluding hydrogens is 402 g/mol. The highest BCUT2D eigenvalue weighted by atomic mass is 32.2. The van der Waals surface area contributed by atoms with E-state index >= 15 is 0 Å². The predicted octanol–water partition coefficient (Wildman–Crippen LogP) is 3.89. The van der Waals surface area contributed by atoms with E-state index < -0.39 is 35.5 Å². The minimum atomic E-state index is -0.702. The van der Waals surface area contributed by atoms with Crippen molar-refractivity contribution in [2.24, 2.45) is 11.8 Å². The summed E-state index contributed by atoms with van der Waals surface area (Å²) in [5, 5.41) is 2.54. The fourth-order valence-corrected chi connectivity index (χ4v) is 5.65. The Morgan fingerprint density at radius 3 is 2.48 bits per heavy atom. The van der Waals surface area contributed by atoms with Gasteiger partial charge in [-0.05, 0) is 62.2 Å². The number of benzene rings is 1. The number of anilines is 1. The molecule has 1 saturated carbocycles. The van der Waals surface area contributed by atoms with Gasteiger partial charge in [-0.15, -0.1) is 0 Å². The van der Waals surface area contributed by atoms with Crippen molar-refractivity contribution in [3.8, 4) is 0 Å². The van der Waals surface area contributed by atoms with Crippen LogP contribution < -0.4 is 10.2 Å². The number of fused-ring (bicyclic) bond motifs is 1. The molecule has 9 heteroatoms. The van der Waals surface area contributed by atoms with Gasteiger partial charge in [-0.3, -0.25) is 4.90 Å². The number of carbonyl (C=O) groups excluding carboxylic acids is 2. The molecule has 4 atom stereocenters. The van der Waals surface area contributed by atoms with E-state index in [9.17, 15) is 18.4 Å². The van der Waals surface area contributed by atoms with E-state index in [2.05, 4.69) is 5.32 Å². The number of nitrogens with one attached hydrogen (secondary N) is 1. The van der Waals surface area contributed by atoms with E-state index in [0.29, 0.717) is 11.8 Å². The van der Waals surface area contributed by atoms with Crippen LogP contribution in [0.15, 0.2) is 12.1 Å².